The maximum absolute atomic E-state index is 12.9. The molecule has 4 aromatic rings. The molecule has 0 atom stereocenters. The molecule has 0 saturated carbocycles. The zero-order valence-electron chi connectivity index (χ0n) is 18.9. The quantitative estimate of drug-likeness (QED) is 0.348. The van der Waals surface area contributed by atoms with E-state index in [1.807, 2.05) is 56.3 Å². The molecule has 2 aromatic heterocycles. The van der Waals surface area contributed by atoms with Crippen LogP contribution in [0.1, 0.15) is 29.8 Å². The predicted molar refractivity (Wildman–Crippen MR) is 133 cm³/mol. The molecule has 0 aliphatic carbocycles. The van der Waals surface area contributed by atoms with E-state index in [0.717, 1.165) is 11.3 Å². The molecule has 10 heteroatoms. The molecule has 4 rings (SSSR count). The number of hydrogen-bond acceptors (Lipinski definition) is 6. The third-order valence-corrected chi connectivity index (χ3v) is 8.35. The Morgan fingerprint density at radius 1 is 0.971 bits per heavy atom. The van der Waals surface area contributed by atoms with E-state index < -0.39 is 10.0 Å². The zero-order chi connectivity index (χ0) is 24.1. The first-order chi connectivity index (χ1) is 16.4. The van der Waals surface area contributed by atoms with Gasteiger partial charge in [0.2, 0.25) is 10.0 Å². The van der Waals surface area contributed by atoms with Crippen LogP contribution in [0.4, 0.5) is 5.69 Å². The third-order valence-electron chi connectivity index (χ3n) is 5.30. The smallest absolute Gasteiger partial charge is 0.255 e. The highest BCUT2D eigenvalue weighted by Gasteiger charge is 2.22. The van der Waals surface area contributed by atoms with Gasteiger partial charge in [0.05, 0.1) is 4.90 Å². The second-order valence-electron chi connectivity index (χ2n) is 7.47. The number of benzene rings is 2. The minimum atomic E-state index is -3.58. The molecule has 2 heterocycles. The Kier molecular flexibility index (Phi) is 7.30. The Labute approximate surface area is 203 Å². The normalized spacial score (nSPS) is 11.7. The lowest BCUT2D eigenvalue weighted by atomic mass is 10.1. The number of thioether (sulfide) groups is 1. The number of anilines is 1. The summed E-state index contributed by atoms with van der Waals surface area (Å²) in [6, 6.07) is 19.9. The fourth-order valence-electron chi connectivity index (χ4n) is 3.44. The van der Waals surface area contributed by atoms with Gasteiger partial charge in [-0.3, -0.25) is 9.20 Å². The number of aromatic nitrogens is 3. The summed E-state index contributed by atoms with van der Waals surface area (Å²) in [5.74, 6) is 0.421. The summed E-state index contributed by atoms with van der Waals surface area (Å²) in [7, 11) is -3.58. The van der Waals surface area contributed by atoms with Crippen molar-refractivity contribution in [1.82, 2.24) is 18.9 Å². The van der Waals surface area contributed by atoms with Gasteiger partial charge in [-0.1, -0.05) is 55.9 Å². The molecule has 34 heavy (non-hydrogen) atoms. The van der Waals surface area contributed by atoms with E-state index in [1.54, 1.807) is 34.9 Å². The van der Waals surface area contributed by atoms with E-state index >= 15 is 0 Å². The van der Waals surface area contributed by atoms with Gasteiger partial charge in [0.15, 0.2) is 10.8 Å². The van der Waals surface area contributed by atoms with Gasteiger partial charge in [0, 0.05) is 36.3 Å². The first kappa shape index (κ1) is 23.9. The minimum absolute atomic E-state index is 0.171. The maximum Gasteiger partial charge on any atom is 0.255 e. The molecule has 0 spiro atoms. The van der Waals surface area contributed by atoms with Gasteiger partial charge in [0.1, 0.15) is 0 Å². The van der Waals surface area contributed by atoms with Crippen molar-refractivity contribution in [1.29, 1.82) is 0 Å². The van der Waals surface area contributed by atoms with Crippen molar-refractivity contribution in [2.75, 3.05) is 18.4 Å². The van der Waals surface area contributed by atoms with Crippen LogP contribution in [0.15, 0.2) is 83.0 Å². The Morgan fingerprint density at radius 2 is 1.68 bits per heavy atom. The summed E-state index contributed by atoms with van der Waals surface area (Å²) in [5, 5.41) is 11.8. The van der Waals surface area contributed by atoms with Crippen molar-refractivity contribution in [2.24, 2.45) is 0 Å². The molecule has 2 aromatic carbocycles. The van der Waals surface area contributed by atoms with E-state index in [2.05, 4.69) is 15.5 Å². The van der Waals surface area contributed by atoms with Gasteiger partial charge in [0.25, 0.3) is 5.91 Å². The number of sulfonamides is 1. The molecule has 0 aliphatic heterocycles. The Hall–Kier alpha value is -3.21. The SMILES string of the molecule is CCN(CC)S(=O)(=O)c1ccc2nnc(SCc3ccc(C(=O)Nc4ccccc4)cc3)n2c1. The molecule has 0 saturated heterocycles. The largest absolute Gasteiger partial charge is 0.322 e. The highest BCUT2D eigenvalue weighted by Crippen LogP contribution is 2.24. The standard InChI is InChI=1S/C24H25N5O3S2/c1-3-28(4-2)34(31,32)21-14-15-22-26-27-24(29(22)16-21)33-17-18-10-12-19(13-11-18)23(30)25-20-8-6-5-7-9-20/h5-16H,3-4,17H2,1-2H3,(H,25,30). The van der Waals surface area contributed by atoms with Crippen molar-refractivity contribution in [3.05, 3.63) is 84.1 Å². The lowest BCUT2D eigenvalue weighted by molar-refractivity contribution is 0.102. The van der Waals surface area contributed by atoms with Crippen molar-refractivity contribution < 1.29 is 13.2 Å². The Balaban J connectivity index is 1.46. The molecule has 1 amide bonds. The van der Waals surface area contributed by atoms with Gasteiger partial charge in [-0.2, -0.15) is 4.31 Å². The van der Waals surface area contributed by atoms with Crippen molar-refractivity contribution in [3.63, 3.8) is 0 Å². The summed E-state index contributed by atoms with van der Waals surface area (Å²) in [4.78, 5) is 12.6. The number of para-hydroxylation sites is 1. The molecule has 0 fully saturated rings. The third kappa shape index (κ3) is 5.14. The fourth-order valence-corrected chi connectivity index (χ4v) is 5.77. The number of nitrogens with zero attached hydrogens (tertiary/aromatic N) is 4. The number of carbonyl (C=O) groups is 1. The number of hydrogen-bond donors (Lipinski definition) is 1. The van der Waals surface area contributed by atoms with E-state index in [9.17, 15) is 13.2 Å². The predicted octanol–water partition coefficient (Wildman–Crippen LogP) is 4.30. The fraction of sp³-hybridized carbons (Fsp3) is 0.208. The molecular weight excluding hydrogens is 470 g/mol. The van der Waals surface area contributed by atoms with Crippen molar-refractivity contribution in [3.8, 4) is 0 Å². The van der Waals surface area contributed by atoms with Crippen LogP contribution in [0.3, 0.4) is 0 Å². The number of carbonyl (C=O) groups excluding carboxylic acids is 1. The van der Waals surface area contributed by atoms with Crippen LogP contribution in [0.25, 0.3) is 5.65 Å². The molecular formula is C24H25N5O3S2. The Morgan fingerprint density at radius 3 is 2.35 bits per heavy atom. The van der Waals surface area contributed by atoms with Crippen LogP contribution in [0, 0.1) is 0 Å². The Bertz CT molecular complexity index is 1380. The molecule has 0 unspecified atom stereocenters. The van der Waals surface area contributed by atoms with Crippen molar-refractivity contribution in [2.45, 2.75) is 29.7 Å². The van der Waals surface area contributed by atoms with Crippen molar-refractivity contribution >= 4 is 39.0 Å². The molecule has 0 radical (unpaired) electrons. The second-order valence-corrected chi connectivity index (χ2v) is 10.4. The molecule has 8 nitrogen and oxygen atoms in total. The highest BCUT2D eigenvalue weighted by molar-refractivity contribution is 7.98. The van der Waals surface area contributed by atoms with Gasteiger partial charge in [-0.25, -0.2) is 8.42 Å². The van der Waals surface area contributed by atoms with Crippen LogP contribution in [0.5, 0.6) is 0 Å². The first-order valence-corrected chi connectivity index (χ1v) is 13.3. The van der Waals surface area contributed by atoms with E-state index in [-0.39, 0.29) is 10.8 Å². The topological polar surface area (TPSA) is 96.7 Å². The maximum atomic E-state index is 12.9. The zero-order valence-corrected chi connectivity index (χ0v) is 20.5. The average Bonchev–Trinajstić information content (AvgIpc) is 3.26. The molecule has 176 valence electrons. The number of amides is 1. The monoisotopic (exact) mass is 495 g/mol. The number of fused-ring (bicyclic) bond motifs is 1. The van der Waals surface area contributed by atoms with Gasteiger partial charge in [-0.05, 0) is 42.0 Å². The average molecular weight is 496 g/mol. The lowest BCUT2D eigenvalue weighted by Gasteiger charge is -2.18. The van der Waals surface area contributed by atoms with Crippen LogP contribution in [-0.4, -0.2) is 46.3 Å². The lowest BCUT2D eigenvalue weighted by Crippen LogP contribution is -2.30. The van der Waals surface area contributed by atoms with E-state index in [1.165, 1.54) is 16.1 Å². The summed E-state index contributed by atoms with van der Waals surface area (Å²) in [6.45, 7) is 4.44. The van der Waals surface area contributed by atoms with Gasteiger partial charge in [-0.15, -0.1) is 10.2 Å². The number of pyridine rings is 1. The number of rotatable bonds is 9. The van der Waals surface area contributed by atoms with Gasteiger partial charge >= 0.3 is 0 Å². The van der Waals surface area contributed by atoms with Crippen LogP contribution >= 0.6 is 11.8 Å². The summed E-state index contributed by atoms with van der Waals surface area (Å²) in [5.41, 5.74) is 2.89. The second kappa shape index (κ2) is 10.4. The van der Waals surface area contributed by atoms with E-state index in [4.69, 9.17) is 0 Å². The highest BCUT2D eigenvalue weighted by atomic mass is 32.2. The van der Waals surface area contributed by atoms with E-state index in [0.29, 0.717) is 35.2 Å². The summed E-state index contributed by atoms with van der Waals surface area (Å²) < 4.78 is 28.9. The van der Waals surface area contributed by atoms with Crippen LogP contribution in [-0.2, 0) is 15.8 Å². The minimum Gasteiger partial charge on any atom is -0.322 e. The van der Waals surface area contributed by atoms with Gasteiger partial charge < -0.3 is 5.32 Å². The molecule has 0 bridgehead atoms. The first-order valence-electron chi connectivity index (χ1n) is 10.9. The van der Waals surface area contributed by atoms with Crippen LogP contribution in [0.2, 0.25) is 0 Å². The molecule has 1 N–H and O–H groups in total. The summed E-state index contributed by atoms with van der Waals surface area (Å²) in [6.07, 6.45) is 1.57. The summed E-state index contributed by atoms with van der Waals surface area (Å²) >= 11 is 1.45. The molecule has 0 aliphatic rings. The van der Waals surface area contributed by atoms with Crippen LogP contribution < -0.4 is 5.32 Å². The number of nitrogens with one attached hydrogen (secondary N) is 1.